The van der Waals surface area contributed by atoms with E-state index in [1.165, 1.54) is 12.1 Å². The van der Waals surface area contributed by atoms with E-state index in [1.54, 1.807) is 12.4 Å². The Morgan fingerprint density at radius 1 is 1.20 bits per heavy atom. The zero-order chi connectivity index (χ0) is 14.8. The minimum atomic E-state index is -4.39. The van der Waals surface area contributed by atoms with Gasteiger partial charge in [0.2, 0.25) is 0 Å². The van der Waals surface area contributed by atoms with Crippen molar-refractivity contribution >= 4 is 0 Å². The van der Waals surface area contributed by atoms with Crippen LogP contribution in [0, 0.1) is 6.92 Å². The maximum absolute atomic E-state index is 12.6. The Kier molecular flexibility index (Phi) is 4.04. The number of aromatic nitrogens is 2. The molecule has 1 aromatic carbocycles. The van der Waals surface area contributed by atoms with Gasteiger partial charge in [0, 0.05) is 18.8 Å². The van der Waals surface area contributed by atoms with Crippen LogP contribution in [0.2, 0.25) is 0 Å². The molecule has 1 heterocycles. The average Bonchev–Trinajstić information content (AvgIpc) is 2.38. The fourth-order valence-electron chi connectivity index (χ4n) is 1.76. The Bertz CT molecular complexity index is 582. The first-order valence-electron chi connectivity index (χ1n) is 5.99. The summed E-state index contributed by atoms with van der Waals surface area (Å²) in [5.41, 5.74) is 0.503. The molecule has 1 aromatic heterocycles. The molecule has 0 aliphatic heterocycles. The van der Waals surface area contributed by atoms with Gasteiger partial charge in [-0.3, -0.25) is 0 Å². The largest absolute Gasteiger partial charge is 0.416 e. The monoisotopic (exact) mass is 282 g/mol. The summed E-state index contributed by atoms with van der Waals surface area (Å²) in [6.07, 6.45) is -2.27. The van der Waals surface area contributed by atoms with Crippen molar-refractivity contribution in [3.63, 3.8) is 0 Å². The summed E-state index contributed by atoms with van der Waals surface area (Å²) in [6.45, 7) is 1.81. The van der Waals surface area contributed by atoms with Crippen LogP contribution < -0.4 is 0 Å². The molecule has 0 aliphatic rings. The molecule has 0 radical (unpaired) electrons. The number of halogens is 3. The zero-order valence-corrected chi connectivity index (χ0v) is 10.7. The fourth-order valence-corrected chi connectivity index (χ4v) is 1.76. The van der Waals surface area contributed by atoms with Crippen molar-refractivity contribution in [1.29, 1.82) is 0 Å². The number of aliphatic hydroxyl groups excluding tert-OH is 1. The van der Waals surface area contributed by atoms with Crippen LogP contribution in [-0.2, 0) is 12.6 Å². The number of nitrogens with zero attached hydrogens (tertiary/aromatic N) is 2. The third-order valence-electron chi connectivity index (χ3n) is 2.78. The second kappa shape index (κ2) is 5.58. The summed E-state index contributed by atoms with van der Waals surface area (Å²) in [4.78, 5) is 7.92. The van der Waals surface area contributed by atoms with Gasteiger partial charge in [0.1, 0.15) is 6.10 Å². The minimum Gasteiger partial charge on any atom is -0.385 e. The highest BCUT2D eigenvalue weighted by Crippen LogP contribution is 2.30. The summed E-state index contributed by atoms with van der Waals surface area (Å²) >= 11 is 0. The van der Waals surface area contributed by atoms with Gasteiger partial charge in [-0.15, -0.1) is 0 Å². The molecule has 0 aliphatic carbocycles. The first kappa shape index (κ1) is 14.5. The summed E-state index contributed by atoms with van der Waals surface area (Å²) in [5.74, 6) is 0.202. The molecule has 20 heavy (non-hydrogen) atoms. The highest BCUT2D eigenvalue weighted by atomic mass is 19.4. The van der Waals surface area contributed by atoms with E-state index in [0.717, 1.165) is 17.7 Å². The summed E-state index contributed by atoms with van der Waals surface area (Å²) in [6, 6.07) is 4.88. The quantitative estimate of drug-likeness (QED) is 0.941. The topological polar surface area (TPSA) is 46.0 Å². The number of rotatable bonds is 3. The van der Waals surface area contributed by atoms with Crippen LogP contribution in [0.15, 0.2) is 36.7 Å². The first-order valence-corrected chi connectivity index (χ1v) is 5.99. The number of benzene rings is 1. The normalized spacial score (nSPS) is 13.2. The van der Waals surface area contributed by atoms with Gasteiger partial charge in [0.05, 0.1) is 5.56 Å². The summed E-state index contributed by atoms with van der Waals surface area (Å²) < 4.78 is 37.8. The van der Waals surface area contributed by atoms with Crippen LogP contribution in [0.5, 0.6) is 0 Å². The van der Waals surface area contributed by atoms with Crippen LogP contribution in [0.3, 0.4) is 0 Å². The van der Waals surface area contributed by atoms with Gasteiger partial charge in [-0.05, 0) is 24.1 Å². The van der Waals surface area contributed by atoms with Crippen LogP contribution in [-0.4, -0.2) is 15.1 Å². The van der Waals surface area contributed by atoms with E-state index < -0.39 is 17.8 Å². The lowest BCUT2D eigenvalue weighted by atomic mass is 10.0. The molecule has 2 rings (SSSR count). The molecule has 0 saturated carbocycles. The van der Waals surface area contributed by atoms with Gasteiger partial charge in [0.25, 0.3) is 0 Å². The lowest BCUT2D eigenvalue weighted by Gasteiger charge is -2.12. The van der Waals surface area contributed by atoms with Gasteiger partial charge in [-0.25, -0.2) is 9.97 Å². The van der Waals surface area contributed by atoms with E-state index in [0.29, 0.717) is 5.56 Å². The standard InChI is InChI=1S/C14H13F3N2O/c1-9-7-18-13(19-8-9)12(20)6-10-3-2-4-11(5-10)14(15,16)17/h2-5,7-8,12,20H,6H2,1H3. The van der Waals surface area contributed by atoms with Crippen LogP contribution in [0.1, 0.15) is 28.6 Å². The number of hydrogen-bond donors (Lipinski definition) is 1. The van der Waals surface area contributed by atoms with E-state index >= 15 is 0 Å². The maximum atomic E-state index is 12.6. The molecule has 1 N–H and O–H groups in total. The molecule has 0 amide bonds. The summed E-state index contributed by atoms with van der Waals surface area (Å²) in [5, 5.41) is 9.95. The third kappa shape index (κ3) is 3.54. The number of aryl methyl sites for hydroxylation is 1. The molecule has 1 atom stereocenters. The van der Waals surface area contributed by atoms with Gasteiger partial charge in [0.15, 0.2) is 5.82 Å². The van der Waals surface area contributed by atoms with Crippen LogP contribution in [0.4, 0.5) is 13.2 Å². The van der Waals surface area contributed by atoms with E-state index in [2.05, 4.69) is 9.97 Å². The predicted molar refractivity (Wildman–Crippen MR) is 66.9 cm³/mol. The van der Waals surface area contributed by atoms with Gasteiger partial charge in [-0.1, -0.05) is 18.2 Å². The van der Waals surface area contributed by atoms with E-state index in [1.807, 2.05) is 6.92 Å². The Morgan fingerprint density at radius 2 is 1.85 bits per heavy atom. The van der Waals surface area contributed by atoms with Crippen LogP contribution in [0.25, 0.3) is 0 Å². The summed E-state index contributed by atoms with van der Waals surface area (Å²) in [7, 11) is 0. The second-order valence-electron chi connectivity index (χ2n) is 4.54. The van der Waals surface area contributed by atoms with Crippen LogP contribution >= 0.6 is 0 Å². The molecule has 0 fully saturated rings. The lowest BCUT2D eigenvalue weighted by molar-refractivity contribution is -0.137. The van der Waals surface area contributed by atoms with Crippen molar-refractivity contribution < 1.29 is 18.3 Å². The van der Waals surface area contributed by atoms with Gasteiger partial charge >= 0.3 is 6.18 Å². The van der Waals surface area contributed by atoms with Crippen molar-refractivity contribution in [2.45, 2.75) is 25.6 Å². The van der Waals surface area contributed by atoms with E-state index in [-0.39, 0.29) is 12.2 Å². The number of alkyl halides is 3. The maximum Gasteiger partial charge on any atom is 0.416 e. The molecule has 0 saturated heterocycles. The molecule has 0 spiro atoms. The SMILES string of the molecule is Cc1cnc(C(O)Cc2cccc(C(F)(F)F)c2)nc1. The van der Waals surface area contributed by atoms with Gasteiger partial charge in [-0.2, -0.15) is 13.2 Å². The zero-order valence-electron chi connectivity index (χ0n) is 10.7. The molecule has 0 bridgehead atoms. The molecule has 3 nitrogen and oxygen atoms in total. The van der Waals surface area contributed by atoms with Gasteiger partial charge < -0.3 is 5.11 Å². The van der Waals surface area contributed by atoms with Crippen molar-refractivity contribution in [3.05, 3.63) is 59.2 Å². The second-order valence-corrected chi connectivity index (χ2v) is 4.54. The molecule has 1 unspecified atom stereocenters. The third-order valence-corrected chi connectivity index (χ3v) is 2.78. The molecular formula is C14H13F3N2O. The fraction of sp³-hybridized carbons (Fsp3) is 0.286. The Labute approximate surface area is 114 Å². The highest BCUT2D eigenvalue weighted by molar-refractivity contribution is 5.26. The Hall–Kier alpha value is -1.95. The van der Waals surface area contributed by atoms with Crippen molar-refractivity contribution in [2.75, 3.05) is 0 Å². The predicted octanol–water partition coefficient (Wildman–Crippen LogP) is 3.08. The van der Waals surface area contributed by atoms with Crippen molar-refractivity contribution in [1.82, 2.24) is 9.97 Å². The molecule has 2 aromatic rings. The number of aliphatic hydroxyl groups is 1. The average molecular weight is 282 g/mol. The Morgan fingerprint density at radius 3 is 2.45 bits per heavy atom. The van der Waals surface area contributed by atoms with Crippen molar-refractivity contribution in [2.24, 2.45) is 0 Å². The van der Waals surface area contributed by atoms with E-state index in [9.17, 15) is 18.3 Å². The molecule has 106 valence electrons. The van der Waals surface area contributed by atoms with Crippen molar-refractivity contribution in [3.8, 4) is 0 Å². The minimum absolute atomic E-state index is 0.0347. The van der Waals surface area contributed by atoms with E-state index in [4.69, 9.17) is 0 Å². The lowest BCUT2D eigenvalue weighted by Crippen LogP contribution is -2.09. The smallest absolute Gasteiger partial charge is 0.385 e. The molecule has 6 heteroatoms. The highest BCUT2D eigenvalue weighted by Gasteiger charge is 2.30. The number of hydrogen-bond acceptors (Lipinski definition) is 3. The molecular weight excluding hydrogens is 269 g/mol. The first-order chi connectivity index (χ1) is 9.36. The Balaban J connectivity index is 2.15.